The molecule has 0 atom stereocenters. The normalized spacial score (nSPS) is 10.4. The van der Waals surface area contributed by atoms with Crippen LogP contribution in [0.25, 0.3) is 11.3 Å². The van der Waals surface area contributed by atoms with E-state index in [4.69, 9.17) is 27.9 Å². The molecule has 1 heterocycles. The maximum Gasteiger partial charge on any atom is 0.251 e. The summed E-state index contributed by atoms with van der Waals surface area (Å²) in [6, 6.07) is 11.9. The molecule has 6 nitrogen and oxygen atoms in total. The predicted molar refractivity (Wildman–Crippen MR) is 116 cm³/mol. The molecule has 1 aromatic heterocycles. The third-order valence-electron chi connectivity index (χ3n) is 3.94. The van der Waals surface area contributed by atoms with Gasteiger partial charge in [0.2, 0.25) is 5.91 Å². The van der Waals surface area contributed by atoms with Crippen molar-refractivity contribution in [1.29, 1.82) is 0 Å². The van der Waals surface area contributed by atoms with Gasteiger partial charge in [-0.15, -0.1) is 11.3 Å². The van der Waals surface area contributed by atoms with Crippen molar-refractivity contribution in [3.63, 3.8) is 0 Å². The second kappa shape index (κ2) is 9.73. The Hall–Kier alpha value is -2.61. The van der Waals surface area contributed by atoms with Gasteiger partial charge in [0.1, 0.15) is 5.75 Å². The number of thiazole rings is 1. The fourth-order valence-corrected chi connectivity index (χ4v) is 3.58. The van der Waals surface area contributed by atoms with Gasteiger partial charge < -0.3 is 15.4 Å². The number of carbonyl (C=O) groups excluding carboxylic acids is 2. The molecule has 2 aromatic carbocycles. The number of anilines is 1. The van der Waals surface area contributed by atoms with Gasteiger partial charge in [0.25, 0.3) is 5.91 Å². The molecule has 0 fully saturated rings. The van der Waals surface area contributed by atoms with E-state index in [1.165, 1.54) is 11.3 Å². The first-order valence-corrected chi connectivity index (χ1v) is 10.2. The number of amides is 2. The van der Waals surface area contributed by atoms with Crippen LogP contribution in [0, 0.1) is 0 Å². The number of carbonyl (C=O) groups is 2. The lowest BCUT2D eigenvalue weighted by Crippen LogP contribution is -2.27. The smallest absolute Gasteiger partial charge is 0.251 e. The number of methoxy groups -OCH3 is 1. The summed E-state index contributed by atoms with van der Waals surface area (Å²) in [7, 11) is 1.55. The molecule has 3 aromatic rings. The molecule has 0 radical (unpaired) electrons. The Labute approximate surface area is 181 Å². The number of hydrogen-bond acceptors (Lipinski definition) is 5. The fraction of sp³-hybridized carbons (Fsp3) is 0.150. The van der Waals surface area contributed by atoms with Gasteiger partial charge in [-0.3, -0.25) is 9.59 Å². The minimum Gasteiger partial charge on any atom is -0.495 e. The van der Waals surface area contributed by atoms with Crippen molar-refractivity contribution in [2.24, 2.45) is 0 Å². The molecule has 0 bridgehead atoms. The molecule has 0 spiro atoms. The van der Waals surface area contributed by atoms with E-state index in [9.17, 15) is 9.59 Å². The Kier molecular flexibility index (Phi) is 7.09. The second-order valence-corrected chi connectivity index (χ2v) is 7.65. The molecular formula is C20H17Cl2N3O3S. The molecule has 2 amide bonds. The van der Waals surface area contributed by atoms with E-state index in [0.29, 0.717) is 32.2 Å². The van der Waals surface area contributed by atoms with Gasteiger partial charge in [-0.2, -0.15) is 0 Å². The quantitative estimate of drug-likeness (QED) is 0.538. The number of aromatic nitrogens is 1. The van der Waals surface area contributed by atoms with Crippen LogP contribution in [0.3, 0.4) is 0 Å². The zero-order chi connectivity index (χ0) is 20.8. The van der Waals surface area contributed by atoms with E-state index in [0.717, 1.165) is 5.56 Å². The lowest BCUT2D eigenvalue weighted by molar-refractivity contribution is -0.116. The average Bonchev–Trinajstić information content (AvgIpc) is 3.16. The molecule has 0 aliphatic heterocycles. The Morgan fingerprint density at radius 3 is 2.59 bits per heavy atom. The number of halogens is 2. The molecule has 0 saturated carbocycles. The van der Waals surface area contributed by atoms with Gasteiger partial charge in [0.15, 0.2) is 5.13 Å². The summed E-state index contributed by atoms with van der Waals surface area (Å²) in [4.78, 5) is 28.5. The Balaban J connectivity index is 1.50. The SMILES string of the molecule is COc1ccc(-c2csc(NC(=O)CCNC(=O)c3ccc(Cl)cc3)n2)cc1Cl. The third-order valence-corrected chi connectivity index (χ3v) is 5.25. The molecule has 0 aliphatic rings. The summed E-state index contributed by atoms with van der Waals surface area (Å²) in [5.41, 5.74) is 2.01. The van der Waals surface area contributed by atoms with Gasteiger partial charge >= 0.3 is 0 Å². The summed E-state index contributed by atoms with van der Waals surface area (Å²) in [5.74, 6) is 0.0808. The van der Waals surface area contributed by atoms with Crippen LogP contribution in [0.1, 0.15) is 16.8 Å². The van der Waals surface area contributed by atoms with Crippen molar-refractivity contribution in [2.75, 3.05) is 19.0 Å². The molecule has 0 aliphatic carbocycles. The first-order valence-electron chi connectivity index (χ1n) is 8.59. The average molecular weight is 450 g/mol. The van der Waals surface area contributed by atoms with Crippen LogP contribution < -0.4 is 15.4 Å². The molecule has 9 heteroatoms. The van der Waals surface area contributed by atoms with Crippen LogP contribution in [-0.4, -0.2) is 30.5 Å². The van der Waals surface area contributed by atoms with E-state index in [-0.39, 0.29) is 24.8 Å². The monoisotopic (exact) mass is 449 g/mol. The maximum absolute atomic E-state index is 12.1. The lowest BCUT2D eigenvalue weighted by atomic mass is 10.2. The highest BCUT2D eigenvalue weighted by molar-refractivity contribution is 7.14. The van der Waals surface area contributed by atoms with E-state index < -0.39 is 0 Å². The van der Waals surface area contributed by atoms with Crippen molar-refractivity contribution in [3.05, 3.63) is 63.5 Å². The van der Waals surface area contributed by atoms with Crippen LogP contribution in [0.5, 0.6) is 5.75 Å². The zero-order valence-corrected chi connectivity index (χ0v) is 17.7. The molecule has 0 unspecified atom stereocenters. The van der Waals surface area contributed by atoms with E-state index in [2.05, 4.69) is 15.6 Å². The van der Waals surface area contributed by atoms with E-state index in [1.54, 1.807) is 43.5 Å². The molecule has 0 saturated heterocycles. The third kappa shape index (κ3) is 5.69. The zero-order valence-electron chi connectivity index (χ0n) is 15.4. The highest BCUT2D eigenvalue weighted by Gasteiger charge is 2.11. The topological polar surface area (TPSA) is 80.3 Å². The van der Waals surface area contributed by atoms with Gasteiger partial charge in [-0.05, 0) is 42.5 Å². The van der Waals surface area contributed by atoms with E-state index in [1.807, 2.05) is 11.4 Å². The van der Waals surface area contributed by atoms with Crippen LogP contribution in [0.15, 0.2) is 47.8 Å². The number of ether oxygens (including phenoxy) is 1. The standard InChI is InChI=1S/C20H17Cl2N3O3S/c1-28-17-7-4-13(10-15(17)22)16-11-29-20(24-16)25-18(26)8-9-23-19(27)12-2-5-14(21)6-3-12/h2-7,10-11H,8-9H2,1H3,(H,23,27)(H,24,25,26). The summed E-state index contributed by atoms with van der Waals surface area (Å²) >= 11 is 13.3. The molecular weight excluding hydrogens is 433 g/mol. The van der Waals surface area contributed by atoms with Gasteiger partial charge in [-0.1, -0.05) is 23.2 Å². The number of hydrogen-bond donors (Lipinski definition) is 2. The van der Waals surface area contributed by atoms with Crippen LogP contribution in [0.4, 0.5) is 5.13 Å². The minimum atomic E-state index is -0.262. The summed E-state index contributed by atoms with van der Waals surface area (Å²) in [6.45, 7) is 0.208. The van der Waals surface area contributed by atoms with Gasteiger partial charge in [-0.25, -0.2) is 4.98 Å². The summed E-state index contributed by atoms with van der Waals surface area (Å²) < 4.78 is 5.14. The maximum atomic E-state index is 12.1. The van der Waals surface area contributed by atoms with Gasteiger partial charge in [0, 0.05) is 34.5 Å². The molecule has 3 rings (SSSR count). The van der Waals surface area contributed by atoms with Crippen LogP contribution in [-0.2, 0) is 4.79 Å². The minimum absolute atomic E-state index is 0.128. The predicted octanol–water partition coefficient (Wildman–Crippen LogP) is 4.88. The largest absolute Gasteiger partial charge is 0.495 e. The molecule has 2 N–H and O–H groups in total. The van der Waals surface area contributed by atoms with Crippen molar-refractivity contribution in [1.82, 2.24) is 10.3 Å². The van der Waals surface area contributed by atoms with Crippen molar-refractivity contribution < 1.29 is 14.3 Å². The Morgan fingerprint density at radius 1 is 1.14 bits per heavy atom. The van der Waals surface area contributed by atoms with Crippen LogP contribution >= 0.6 is 34.5 Å². The number of nitrogens with zero attached hydrogens (tertiary/aromatic N) is 1. The number of nitrogens with one attached hydrogen (secondary N) is 2. The number of rotatable bonds is 7. The highest BCUT2D eigenvalue weighted by Crippen LogP contribution is 2.31. The summed E-state index contributed by atoms with van der Waals surface area (Å²) in [6.07, 6.45) is 0.128. The van der Waals surface area contributed by atoms with Crippen molar-refractivity contribution in [2.45, 2.75) is 6.42 Å². The Bertz CT molecular complexity index is 1020. The van der Waals surface area contributed by atoms with Crippen molar-refractivity contribution in [3.8, 4) is 17.0 Å². The van der Waals surface area contributed by atoms with E-state index >= 15 is 0 Å². The lowest BCUT2D eigenvalue weighted by Gasteiger charge is -2.05. The summed E-state index contributed by atoms with van der Waals surface area (Å²) in [5, 5.41) is 8.77. The first kappa shape index (κ1) is 21.1. The van der Waals surface area contributed by atoms with Crippen molar-refractivity contribution >= 4 is 51.5 Å². The Morgan fingerprint density at radius 2 is 1.90 bits per heavy atom. The highest BCUT2D eigenvalue weighted by atomic mass is 35.5. The molecule has 29 heavy (non-hydrogen) atoms. The van der Waals surface area contributed by atoms with Crippen LogP contribution in [0.2, 0.25) is 10.0 Å². The van der Waals surface area contributed by atoms with Gasteiger partial charge in [0.05, 0.1) is 17.8 Å². The number of benzene rings is 2. The fourth-order valence-electron chi connectivity index (χ4n) is 2.46. The second-order valence-electron chi connectivity index (χ2n) is 5.95. The first-order chi connectivity index (χ1) is 14.0. The molecule has 150 valence electrons.